The molecule has 1 aromatic heterocycles. The zero-order valence-electron chi connectivity index (χ0n) is 9.93. The van der Waals surface area contributed by atoms with Crippen molar-refractivity contribution in [2.75, 3.05) is 0 Å². The Hall–Kier alpha value is -1.95. The van der Waals surface area contributed by atoms with Crippen LogP contribution in [0.3, 0.4) is 0 Å². The maximum absolute atomic E-state index is 11.7. The Bertz CT molecular complexity index is 730. The predicted octanol–water partition coefficient (Wildman–Crippen LogP) is 1.25. The Morgan fingerprint density at radius 2 is 2.00 bits per heavy atom. The molecule has 6 heteroatoms. The van der Waals surface area contributed by atoms with Gasteiger partial charge in [0.25, 0.3) is 5.91 Å². The lowest BCUT2D eigenvalue weighted by atomic mass is 10.1. The largest absolute Gasteiger partial charge is 0.269 e. The molecule has 1 amide bonds. The highest BCUT2D eigenvalue weighted by Gasteiger charge is 2.23. The monoisotopic (exact) mass is 261 g/mol. The normalized spacial score (nSPS) is 19.1. The lowest BCUT2D eigenvalue weighted by Gasteiger charge is -2.04. The molecule has 2 heterocycles. The molecule has 1 aromatic carbocycles. The molecule has 1 atom stereocenters. The number of nitrogens with zero attached hydrogens (tertiary/aromatic N) is 2. The fourth-order valence-corrected chi connectivity index (χ4v) is 2.81. The van der Waals surface area contributed by atoms with Gasteiger partial charge in [0.2, 0.25) is 0 Å². The molecule has 1 unspecified atom stereocenters. The van der Waals surface area contributed by atoms with Gasteiger partial charge in [-0.3, -0.25) is 9.52 Å². The zero-order valence-corrected chi connectivity index (χ0v) is 10.7. The maximum Gasteiger partial charge on any atom is 0.258 e. The van der Waals surface area contributed by atoms with E-state index in [2.05, 4.69) is 9.82 Å². The lowest BCUT2D eigenvalue weighted by molar-refractivity contribution is -0.114. The SMILES string of the molecule is Cc1cc2cnn(C3=CC(=O)NS3=O)c2cc1C. The van der Waals surface area contributed by atoms with Crippen LogP contribution in [-0.2, 0) is 15.8 Å². The second kappa shape index (κ2) is 3.78. The van der Waals surface area contributed by atoms with Crippen LogP contribution in [0.2, 0.25) is 0 Å². The van der Waals surface area contributed by atoms with Crippen molar-refractivity contribution in [3.63, 3.8) is 0 Å². The number of benzene rings is 1. The van der Waals surface area contributed by atoms with E-state index in [4.69, 9.17) is 0 Å². The molecule has 0 saturated carbocycles. The fraction of sp³-hybridized carbons (Fsp3) is 0.167. The Kier molecular flexibility index (Phi) is 2.34. The molecule has 0 aliphatic carbocycles. The van der Waals surface area contributed by atoms with Crippen LogP contribution in [0.5, 0.6) is 0 Å². The predicted molar refractivity (Wildman–Crippen MR) is 69.8 cm³/mol. The van der Waals surface area contributed by atoms with Crippen molar-refractivity contribution in [1.82, 2.24) is 14.5 Å². The van der Waals surface area contributed by atoms with Crippen molar-refractivity contribution in [2.45, 2.75) is 13.8 Å². The number of aryl methyl sites for hydroxylation is 2. The average Bonchev–Trinajstić information content (AvgIpc) is 2.83. The van der Waals surface area contributed by atoms with Crippen LogP contribution in [0.15, 0.2) is 24.4 Å². The number of amides is 1. The first-order valence-corrected chi connectivity index (χ1v) is 6.61. The topological polar surface area (TPSA) is 64.0 Å². The molecule has 92 valence electrons. The molecule has 3 rings (SSSR count). The number of nitrogens with one attached hydrogen (secondary N) is 1. The lowest BCUT2D eigenvalue weighted by Crippen LogP contribution is -2.17. The van der Waals surface area contributed by atoms with E-state index in [1.54, 1.807) is 10.9 Å². The van der Waals surface area contributed by atoms with E-state index in [-0.39, 0.29) is 5.91 Å². The number of hydrogen-bond acceptors (Lipinski definition) is 3. The van der Waals surface area contributed by atoms with Gasteiger partial charge in [-0.2, -0.15) is 5.10 Å². The quantitative estimate of drug-likeness (QED) is 0.840. The third-order valence-electron chi connectivity index (χ3n) is 3.03. The molecule has 1 N–H and O–H groups in total. The highest BCUT2D eigenvalue weighted by atomic mass is 32.2. The van der Waals surface area contributed by atoms with Crippen LogP contribution in [0.1, 0.15) is 11.1 Å². The van der Waals surface area contributed by atoms with Gasteiger partial charge in [-0.05, 0) is 37.1 Å². The maximum atomic E-state index is 11.7. The molecule has 1 aliphatic heterocycles. The molecule has 1 aliphatic rings. The number of carbonyl (C=O) groups is 1. The van der Waals surface area contributed by atoms with Crippen LogP contribution in [0.4, 0.5) is 0 Å². The van der Waals surface area contributed by atoms with E-state index in [1.165, 1.54) is 11.6 Å². The van der Waals surface area contributed by atoms with Crippen molar-refractivity contribution in [1.29, 1.82) is 0 Å². The molecule has 0 fully saturated rings. The van der Waals surface area contributed by atoms with Gasteiger partial charge >= 0.3 is 0 Å². The number of aromatic nitrogens is 2. The molecule has 0 spiro atoms. The van der Waals surface area contributed by atoms with Gasteiger partial charge in [0.15, 0.2) is 16.0 Å². The van der Waals surface area contributed by atoms with E-state index in [1.807, 2.05) is 26.0 Å². The van der Waals surface area contributed by atoms with Crippen LogP contribution >= 0.6 is 0 Å². The zero-order chi connectivity index (χ0) is 12.9. The Labute approximate surface area is 106 Å². The third-order valence-corrected chi connectivity index (χ3v) is 4.09. The molecule has 18 heavy (non-hydrogen) atoms. The van der Waals surface area contributed by atoms with Crippen molar-refractivity contribution >= 4 is 32.8 Å². The summed E-state index contributed by atoms with van der Waals surface area (Å²) in [4.78, 5) is 11.2. The summed E-state index contributed by atoms with van der Waals surface area (Å²) in [5.41, 5.74) is 3.17. The van der Waals surface area contributed by atoms with Crippen molar-refractivity contribution < 1.29 is 9.00 Å². The number of rotatable bonds is 1. The summed E-state index contributed by atoms with van der Waals surface area (Å²) >= 11 is 0. The first kappa shape index (κ1) is 11.2. The van der Waals surface area contributed by atoms with E-state index in [0.29, 0.717) is 5.03 Å². The van der Waals surface area contributed by atoms with Gasteiger partial charge in [-0.1, -0.05) is 0 Å². The first-order valence-electron chi connectivity index (χ1n) is 5.46. The van der Waals surface area contributed by atoms with Crippen molar-refractivity contribution in [3.05, 3.63) is 35.5 Å². The van der Waals surface area contributed by atoms with E-state index in [0.717, 1.165) is 16.5 Å². The van der Waals surface area contributed by atoms with Crippen LogP contribution in [-0.4, -0.2) is 19.9 Å². The Balaban J connectivity index is 2.25. The van der Waals surface area contributed by atoms with Gasteiger partial charge in [0.05, 0.1) is 11.7 Å². The second-order valence-electron chi connectivity index (χ2n) is 4.27. The van der Waals surface area contributed by atoms with Crippen molar-refractivity contribution in [3.8, 4) is 0 Å². The van der Waals surface area contributed by atoms with Gasteiger partial charge in [0, 0.05) is 11.5 Å². The van der Waals surface area contributed by atoms with Gasteiger partial charge in [-0.25, -0.2) is 8.89 Å². The smallest absolute Gasteiger partial charge is 0.258 e. The summed E-state index contributed by atoms with van der Waals surface area (Å²) in [6, 6.07) is 4.01. The van der Waals surface area contributed by atoms with E-state index < -0.39 is 11.0 Å². The van der Waals surface area contributed by atoms with Gasteiger partial charge < -0.3 is 0 Å². The minimum atomic E-state index is -1.53. The molecular formula is C12H11N3O2S. The number of hydrogen-bond donors (Lipinski definition) is 1. The number of carbonyl (C=O) groups excluding carboxylic acids is 1. The minimum absolute atomic E-state index is 0.351. The third kappa shape index (κ3) is 1.57. The van der Waals surface area contributed by atoms with E-state index in [9.17, 15) is 9.00 Å². The summed E-state index contributed by atoms with van der Waals surface area (Å²) in [6.45, 7) is 4.04. The molecule has 0 bridgehead atoms. The van der Waals surface area contributed by atoms with Crippen molar-refractivity contribution in [2.24, 2.45) is 0 Å². The number of fused-ring (bicyclic) bond motifs is 1. The van der Waals surface area contributed by atoms with Crippen LogP contribution in [0.25, 0.3) is 15.9 Å². The standard InChI is InChI=1S/C12H11N3O2S/c1-7-3-9-6-13-15(10(9)4-8(7)2)12-5-11(16)14-18(12)17/h3-6H,1-2H3,(H,14,16). The van der Waals surface area contributed by atoms with Crippen LogP contribution < -0.4 is 4.72 Å². The van der Waals surface area contributed by atoms with E-state index >= 15 is 0 Å². The second-order valence-corrected chi connectivity index (χ2v) is 5.43. The fourth-order valence-electron chi connectivity index (χ4n) is 1.95. The highest BCUT2D eigenvalue weighted by molar-refractivity contribution is 7.93. The summed E-state index contributed by atoms with van der Waals surface area (Å²) in [6.07, 6.45) is 3.03. The molecular weight excluding hydrogens is 250 g/mol. The molecule has 2 aromatic rings. The summed E-state index contributed by atoms with van der Waals surface area (Å²) in [7, 11) is -1.53. The Morgan fingerprint density at radius 3 is 2.67 bits per heavy atom. The van der Waals surface area contributed by atoms with Crippen LogP contribution in [0, 0.1) is 13.8 Å². The minimum Gasteiger partial charge on any atom is -0.269 e. The summed E-state index contributed by atoms with van der Waals surface area (Å²) < 4.78 is 15.6. The summed E-state index contributed by atoms with van der Waals surface area (Å²) in [5, 5.41) is 5.55. The van der Waals surface area contributed by atoms with Gasteiger partial charge in [0.1, 0.15) is 0 Å². The van der Waals surface area contributed by atoms with Gasteiger partial charge in [-0.15, -0.1) is 0 Å². The summed E-state index contributed by atoms with van der Waals surface area (Å²) in [5.74, 6) is -0.351. The molecule has 0 saturated heterocycles. The average molecular weight is 261 g/mol. The molecule has 0 radical (unpaired) electrons. The highest BCUT2D eigenvalue weighted by Crippen LogP contribution is 2.23. The first-order chi connectivity index (χ1) is 8.56. The Morgan fingerprint density at radius 1 is 1.28 bits per heavy atom. The molecule has 5 nitrogen and oxygen atoms in total.